The lowest BCUT2D eigenvalue weighted by Crippen LogP contribution is -2.43. The van der Waals surface area contributed by atoms with Crippen LogP contribution < -0.4 is 10.1 Å². The lowest BCUT2D eigenvalue weighted by atomic mass is 10.0. The predicted octanol–water partition coefficient (Wildman–Crippen LogP) is 6.41. The Labute approximate surface area is 231 Å². The number of amides is 1. The average Bonchev–Trinajstić information content (AvgIpc) is 2.84. The highest BCUT2D eigenvalue weighted by molar-refractivity contribution is 6.41. The summed E-state index contributed by atoms with van der Waals surface area (Å²) in [6.45, 7) is 4.89. The number of hydrogen-bond acceptors (Lipinski definition) is 4. The van der Waals surface area contributed by atoms with Crippen molar-refractivity contribution in [3.8, 4) is 16.9 Å². The highest BCUT2D eigenvalue weighted by Crippen LogP contribution is 2.39. The van der Waals surface area contributed by atoms with Crippen molar-refractivity contribution < 1.29 is 9.53 Å². The second-order valence-corrected chi connectivity index (χ2v) is 10.5. The largest absolute Gasteiger partial charge is 0.483 e. The van der Waals surface area contributed by atoms with Crippen molar-refractivity contribution in [3.63, 3.8) is 0 Å². The second-order valence-electron chi connectivity index (χ2n) is 8.84. The van der Waals surface area contributed by atoms with Gasteiger partial charge in [-0.15, -0.1) is 0 Å². The van der Waals surface area contributed by atoms with E-state index >= 15 is 0 Å². The standard InChI is InChI=1S/C27H27Cl4N3O2/c1-33-8-10-34(11-9-33)16-20-12-19(27-23(30)13-22(29)14-24(27)31)4-7-25(20)36-17-26(35)32-15-18-2-5-21(28)6-3-18/h2-7,12-14H,8-11,15-17H2,1H3,(H,32,35). The minimum Gasteiger partial charge on any atom is -0.483 e. The number of hydrogen-bond donors (Lipinski definition) is 1. The van der Waals surface area contributed by atoms with Crippen molar-refractivity contribution in [1.29, 1.82) is 0 Å². The van der Waals surface area contributed by atoms with Crippen LogP contribution in [0.5, 0.6) is 5.75 Å². The monoisotopic (exact) mass is 565 g/mol. The van der Waals surface area contributed by atoms with Crippen molar-refractivity contribution in [2.45, 2.75) is 13.1 Å². The molecule has 3 aromatic rings. The molecule has 0 unspecified atom stereocenters. The molecule has 1 saturated heterocycles. The fraction of sp³-hybridized carbons (Fsp3) is 0.296. The molecule has 0 aliphatic carbocycles. The van der Waals surface area contributed by atoms with Gasteiger partial charge in [-0.1, -0.05) is 64.6 Å². The molecule has 0 saturated carbocycles. The zero-order valence-corrected chi connectivity index (χ0v) is 22.9. The van der Waals surface area contributed by atoms with Gasteiger partial charge in [-0.05, 0) is 54.6 Å². The zero-order valence-electron chi connectivity index (χ0n) is 19.9. The number of nitrogens with zero attached hydrogens (tertiary/aromatic N) is 2. The van der Waals surface area contributed by atoms with Gasteiger partial charge in [0.15, 0.2) is 6.61 Å². The topological polar surface area (TPSA) is 44.8 Å². The minimum atomic E-state index is -0.205. The molecule has 0 aromatic heterocycles. The van der Waals surface area contributed by atoms with Gasteiger partial charge in [0.05, 0.1) is 10.0 Å². The Morgan fingerprint density at radius 3 is 2.22 bits per heavy atom. The van der Waals surface area contributed by atoms with Crippen LogP contribution in [0.1, 0.15) is 11.1 Å². The maximum atomic E-state index is 12.5. The van der Waals surface area contributed by atoms with E-state index in [0.717, 1.165) is 48.4 Å². The summed E-state index contributed by atoms with van der Waals surface area (Å²) in [6, 6.07) is 16.5. The molecule has 5 nitrogen and oxygen atoms in total. The van der Waals surface area contributed by atoms with Crippen molar-refractivity contribution in [1.82, 2.24) is 15.1 Å². The van der Waals surface area contributed by atoms with Gasteiger partial charge in [-0.25, -0.2) is 0 Å². The summed E-state index contributed by atoms with van der Waals surface area (Å²) in [5.74, 6) is 0.448. The van der Waals surface area contributed by atoms with Crippen LogP contribution in [0, 0.1) is 0 Å². The maximum absolute atomic E-state index is 12.5. The molecule has 0 radical (unpaired) electrons. The Morgan fingerprint density at radius 2 is 1.56 bits per heavy atom. The van der Waals surface area contributed by atoms with Gasteiger partial charge in [0.1, 0.15) is 5.75 Å². The van der Waals surface area contributed by atoms with E-state index in [1.165, 1.54) is 0 Å². The van der Waals surface area contributed by atoms with Crippen molar-refractivity contribution in [2.75, 3.05) is 39.8 Å². The van der Waals surface area contributed by atoms with Crippen LogP contribution >= 0.6 is 46.4 Å². The summed E-state index contributed by atoms with van der Waals surface area (Å²) in [5, 5.41) is 4.98. The van der Waals surface area contributed by atoms with Gasteiger partial charge in [0.2, 0.25) is 0 Å². The van der Waals surface area contributed by atoms with E-state index in [9.17, 15) is 4.79 Å². The molecule has 1 heterocycles. The molecule has 0 atom stereocenters. The van der Waals surface area contributed by atoms with Crippen LogP contribution in [0.15, 0.2) is 54.6 Å². The first kappa shape index (κ1) is 27.1. The highest BCUT2D eigenvalue weighted by atomic mass is 35.5. The van der Waals surface area contributed by atoms with Crippen LogP contribution in [-0.4, -0.2) is 55.5 Å². The third kappa shape index (κ3) is 7.28. The lowest BCUT2D eigenvalue weighted by molar-refractivity contribution is -0.123. The summed E-state index contributed by atoms with van der Waals surface area (Å²) in [7, 11) is 2.12. The Bertz CT molecular complexity index is 1190. The van der Waals surface area contributed by atoms with Gasteiger partial charge < -0.3 is 15.0 Å². The van der Waals surface area contributed by atoms with E-state index in [1.807, 2.05) is 30.3 Å². The molecule has 3 aromatic carbocycles. The number of halogens is 4. The van der Waals surface area contributed by atoms with E-state index in [2.05, 4.69) is 22.2 Å². The molecule has 1 amide bonds. The van der Waals surface area contributed by atoms with Gasteiger partial charge in [-0.2, -0.15) is 0 Å². The molecule has 190 valence electrons. The molecule has 1 N–H and O–H groups in total. The van der Waals surface area contributed by atoms with Crippen LogP contribution in [0.25, 0.3) is 11.1 Å². The fourth-order valence-electron chi connectivity index (χ4n) is 4.06. The van der Waals surface area contributed by atoms with Crippen molar-refractivity contribution in [3.05, 3.63) is 85.8 Å². The number of likely N-dealkylation sites (N-methyl/N-ethyl adjacent to an activating group) is 1. The Kier molecular flexibility index (Phi) is 9.40. The molecule has 1 aliphatic heterocycles. The molecule has 9 heteroatoms. The molecule has 0 spiro atoms. The quantitative estimate of drug-likeness (QED) is 0.342. The Hall–Kier alpha value is -1.99. The number of carbonyl (C=O) groups excluding carboxylic acids is 1. The van der Waals surface area contributed by atoms with Crippen LogP contribution in [0.3, 0.4) is 0 Å². The second kappa shape index (κ2) is 12.5. The molecule has 1 aliphatic rings. The fourth-order valence-corrected chi connectivity index (χ4v) is 5.22. The predicted molar refractivity (Wildman–Crippen MR) is 148 cm³/mol. The minimum absolute atomic E-state index is 0.0921. The summed E-state index contributed by atoms with van der Waals surface area (Å²) < 4.78 is 5.98. The Balaban J connectivity index is 1.50. The number of rotatable bonds is 8. The lowest BCUT2D eigenvalue weighted by Gasteiger charge is -2.32. The number of ether oxygens (including phenoxy) is 1. The van der Waals surface area contributed by atoms with Crippen molar-refractivity contribution >= 4 is 52.3 Å². The highest BCUT2D eigenvalue weighted by Gasteiger charge is 2.19. The van der Waals surface area contributed by atoms with Gasteiger partial charge >= 0.3 is 0 Å². The van der Waals surface area contributed by atoms with E-state index in [0.29, 0.717) is 38.9 Å². The number of piperazine rings is 1. The maximum Gasteiger partial charge on any atom is 0.258 e. The smallest absolute Gasteiger partial charge is 0.258 e. The van der Waals surface area contributed by atoms with Crippen molar-refractivity contribution in [2.24, 2.45) is 0 Å². The summed E-state index contributed by atoms with van der Waals surface area (Å²) >= 11 is 25.0. The molecule has 1 fully saturated rings. The molecular formula is C27H27Cl4N3O2. The number of carbonyl (C=O) groups is 1. The van der Waals surface area contributed by atoms with Crippen LogP contribution in [0.4, 0.5) is 0 Å². The van der Waals surface area contributed by atoms with E-state index in [4.69, 9.17) is 51.1 Å². The Morgan fingerprint density at radius 1 is 0.889 bits per heavy atom. The SMILES string of the molecule is CN1CCN(Cc2cc(-c3c(Cl)cc(Cl)cc3Cl)ccc2OCC(=O)NCc2ccc(Cl)cc2)CC1. The average molecular weight is 567 g/mol. The summed E-state index contributed by atoms with van der Waals surface area (Å²) in [5.41, 5.74) is 3.51. The molecular weight excluding hydrogens is 540 g/mol. The van der Waals surface area contributed by atoms with Crippen LogP contribution in [-0.2, 0) is 17.9 Å². The number of nitrogens with one attached hydrogen (secondary N) is 1. The first-order chi connectivity index (χ1) is 17.3. The number of benzene rings is 3. The van der Waals surface area contributed by atoms with Gasteiger partial charge in [-0.3, -0.25) is 9.69 Å². The third-order valence-corrected chi connectivity index (χ3v) is 7.17. The summed E-state index contributed by atoms with van der Waals surface area (Å²) in [4.78, 5) is 17.2. The molecule has 36 heavy (non-hydrogen) atoms. The molecule has 4 rings (SSSR count). The molecule has 0 bridgehead atoms. The van der Waals surface area contributed by atoms with Gasteiger partial charge in [0, 0.05) is 60.4 Å². The normalized spacial score (nSPS) is 14.6. The van der Waals surface area contributed by atoms with E-state index in [1.54, 1.807) is 24.3 Å². The first-order valence-corrected chi connectivity index (χ1v) is 13.1. The van der Waals surface area contributed by atoms with Gasteiger partial charge in [0.25, 0.3) is 5.91 Å². The third-order valence-electron chi connectivity index (χ3n) is 6.11. The first-order valence-electron chi connectivity index (χ1n) is 11.6. The zero-order chi connectivity index (χ0) is 25.7. The van der Waals surface area contributed by atoms with E-state index in [-0.39, 0.29) is 12.5 Å². The van der Waals surface area contributed by atoms with Crippen LogP contribution in [0.2, 0.25) is 20.1 Å². The van der Waals surface area contributed by atoms with E-state index < -0.39 is 0 Å². The summed E-state index contributed by atoms with van der Waals surface area (Å²) in [6.07, 6.45) is 0.